The molecule has 0 aliphatic rings. The molecule has 2 heterocycles. The van der Waals surface area contributed by atoms with Crippen LogP contribution in [0, 0.1) is 10.1 Å². The minimum absolute atomic E-state index is 0.106. The highest BCUT2D eigenvalue weighted by molar-refractivity contribution is 7.15. The average molecular weight is 302 g/mol. The Hall–Kier alpha value is -2.74. The lowest BCUT2D eigenvalue weighted by Crippen LogP contribution is -2.23. The van der Waals surface area contributed by atoms with Gasteiger partial charge in [0, 0.05) is 35.5 Å². The number of hydrogen-bond donors (Lipinski definition) is 1. The molecule has 7 nitrogen and oxygen atoms in total. The number of carbonyl (C=O) groups excluding carboxylic acids is 1. The Morgan fingerprint density at radius 3 is 3.10 bits per heavy atom. The van der Waals surface area contributed by atoms with Crippen LogP contribution in [0.15, 0.2) is 42.0 Å². The zero-order chi connectivity index (χ0) is 14.8. The van der Waals surface area contributed by atoms with Crippen molar-refractivity contribution in [1.29, 1.82) is 0 Å². The van der Waals surface area contributed by atoms with Gasteiger partial charge >= 0.3 is 0 Å². The van der Waals surface area contributed by atoms with E-state index in [9.17, 15) is 14.9 Å². The number of benzene rings is 1. The Morgan fingerprint density at radius 1 is 1.48 bits per heavy atom. The summed E-state index contributed by atoms with van der Waals surface area (Å²) in [5.74, 6) is -0.366. The smallest absolute Gasteiger partial charge is 0.270 e. The number of carbonyl (C=O) groups is 1. The molecule has 0 bridgehead atoms. The van der Waals surface area contributed by atoms with Gasteiger partial charge in [-0.15, -0.1) is 11.3 Å². The molecule has 0 radical (unpaired) electrons. The molecule has 8 heteroatoms. The van der Waals surface area contributed by atoms with E-state index >= 15 is 0 Å². The van der Waals surface area contributed by atoms with Crippen LogP contribution in [0.25, 0.3) is 4.96 Å². The normalized spacial score (nSPS) is 10.7. The molecular weight excluding hydrogens is 292 g/mol. The van der Waals surface area contributed by atoms with E-state index in [4.69, 9.17) is 0 Å². The van der Waals surface area contributed by atoms with Gasteiger partial charge in [0.1, 0.15) is 0 Å². The summed E-state index contributed by atoms with van der Waals surface area (Å²) in [7, 11) is 0. The van der Waals surface area contributed by atoms with Crippen LogP contribution in [0.2, 0.25) is 0 Å². The number of non-ortho nitro benzene ring substituents is 1. The van der Waals surface area contributed by atoms with Crippen molar-refractivity contribution in [2.75, 3.05) is 0 Å². The molecule has 3 aromatic rings. The number of rotatable bonds is 4. The Labute approximate surface area is 123 Å². The summed E-state index contributed by atoms with van der Waals surface area (Å²) in [5.41, 5.74) is 0.885. The van der Waals surface area contributed by atoms with Gasteiger partial charge in [-0.3, -0.25) is 19.3 Å². The molecule has 0 spiro atoms. The third kappa shape index (κ3) is 2.75. The number of fused-ring (bicyclic) bond motifs is 1. The second-order valence-corrected chi connectivity index (χ2v) is 5.19. The van der Waals surface area contributed by atoms with E-state index in [1.165, 1.54) is 35.6 Å². The van der Waals surface area contributed by atoms with Crippen molar-refractivity contribution >= 4 is 27.9 Å². The van der Waals surface area contributed by atoms with Gasteiger partial charge in [0.2, 0.25) is 0 Å². The Morgan fingerprint density at radius 2 is 2.33 bits per heavy atom. The second kappa shape index (κ2) is 5.33. The highest BCUT2D eigenvalue weighted by atomic mass is 32.1. The molecule has 0 fully saturated rings. The van der Waals surface area contributed by atoms with Crippen molar-refractivity contribution in [3.05, 3.63) is 63.4 Å². The quantitative estimate of drug-likeness (QED) is 0.591. The van der Waals surface area contributed by atoms with E-state index in [-0.39, 0.29) is 23.7 Å². The molecule has 2 aromatic heterocycles. The van der Waals surface area contributed by atoms with Crippen LogP contribution in [0.4, 0.5) is 5.69 Å². The SMILES string of the molecule is O=C(NCc1cn2ccsc2n1)c1cccc([N+](=O)[O-])c1. The molecule has 0 unspecified atom stereocenters. The van der Waals surface area contributed by atoms with E-state index in [0.29, 0.717) is 0 Å². The first kappa shape index (κ1) is 13.3. The van der Waals surface area contributed by atoms with Gasteiger partial charge < -0.3 is 5.32 Å². The molecule has 0 aliphatic heterocycles. The van der Waals surface area contributed by atoms with Gasteiger partial charge in [-0.2, -0.15) is 0 Å². The van der Waals surface area contributed by atoms with Crippen molar-refractivity contribution in [3.8, 4) is 0 Å². The van der Waals surface area contributed by atoms with Crippen molar-refractivity contribution in [2.24, 2.45) is 0 Å². The van der Waals surface area contributed by atoms with Gasteiger partial charge in [-0.1, -0.05) is 6.07 Å². The molecule has 21 heavy (non-hydrogen) atoms. The van der Waals surface area contributed by atoms with Gasteiger partial charge in [0.15, 0.2) is 4.96 Å². The molecular formula is C13H10N4O3S. The maximum Gasteiger partial charge on any atom is 0.270 e. The highest BCUT2D eigenvalue weighted by Gasteiger charge is 2.12. The van der Waals surface area contributed by atoms with Crippen LogP contribution < -0.4 is 5.32 Å². The standard InChI is InChI=1S/C13H10N4O3S/c18-12(9-2-1-3-11(6-9)17(19)20)14-7-10-8-16-4-5-21-13(16)15-10/h1-6,8H,7H2,(H,14,18). The van der Waals surface area contributed by atoms with Gasteiger partial charge in [-0.05, 0) is 6.07 Å². The van der Waals surface area contributed by atoms with Crippen LogP contribution >= 0.6 is 11.3 Å². The molecule has 0 saturated carbocycles. The third-order valence-corrected chi connectivity index (χ3v) is 3.66. The molecule has 106 valence electrons. The van der Waals surface area contributed by atoms with Crippen molar-refractivity contribution in [2.45, 2.75) is 6.54 Å². The first-order valence-electron chi connectivity index (χ1n) is 6.07. The summed E-state index contributed by atoms with van der Waals surface area (Å²) in [6, 6.07) is 5.62. The monoisotopic (exact) mass is 302 g/mol. The fourth-order valence-corrected chi connectivity index (χ4v) is 2.61. The molecule has 0 saturated heterocycles. The summed E-state index contributed by atoms with van der Waals surface area (Å²) in [6.07, 6.45) is 3.72. The summed E-state index contributed by atoms with van der Waals surface area (Å²) < 4.78 is 1.87. The second-order valence-electron chi connectivity index (χ2n) is 4.32. The van der Waals surface area contributed by atoms with E-state index in [0.717, 1.165) is 10.7 Å². The number of amides is 1. The number of aromatic nitrogens is 2. The fraction of sp³-hybridized carbons (Fsp3) is 0.0769. The zero-order valence-corrected chi connectivity index (χ0v) is 11.5. The third-order valence-electron chi connectivity index (χ3n) is 2.89. The van der Waals surface area contributed by atoms with Gasteiger partial charge in [-0.25, -0.2) is 4.98 Å². The molecule has 1 amide bonds. The zero-order valence-electron chi connectivity index (χ0n) is 10.7. The van der Waals surface area contributed by atoms with Crippen molar-refractivity contribution in [3.63, 3.8) is 0 Å². The summed E-state index contributed by atoms with van der Waals surface area (Å²) in [5, 5.41) is 15.3. The Bertz CT molecular complexity index is 795. The average Bonchev–Trinajstić information content (AvgIpc) is 3.05. The van der Waals surface area contributed by atoms with Crippen LogP contribution in [-0.2, 0) is 6.54 Å². The lowest BCUT2D eigenvalue weighted by atomic mass is 10.2. The largest absolute Gasteiger partial charge is 0.346 e. The summed E-state index contributed by atoms with van der Waals surface area (Å²) in [4.78, 5) is 27.3. The summed E-state index contributed by atoms with van der Waals surface area (Å²) in [6.45, 7) is 0.274. The predicted octanol–water partition coefficient (Wildman–Crippen LogP) is 2.23. The molecule has 1 aromatic carbocycles. The van der Waals surface area contributed by atoms with Crippen LogP contribution in [0.5, 0.6) is 0 Å². The van der Waals surface area contributed by atoms with Crippen molar-refractivity contribution in [1.82, 2.24) is 14.7 Å². The molecule has 1 N–H and O–H groups in total. The minimum Gasteiger partial charge on any atom is -0.346 e. The Balaban J connectivity index is 1.70. The maximum absolute atomic E-state index is 12.0. The van der Waals surface area contributed by atoms with Crippen LogP contribution in [0.1, 0.15) is 16.1 Å². The number of thiazole rings is 1. The fourth-order valence-electron chi connectivity index (χ4n) is 1.89. The lowest BCUT2D eigenvalue weighted by Gasteiger charge is -2.03. The van der Waals surface area contributed by atoms with Gasteiger partial charge in [0.25, 0.3) is 11.6 Å². The molecule has 0 atom stereocenters. The highest BCUT2D eigenvalue weighted by Crippen LogP contribution is 2.14. The number of nitro groups is 1. The topological polar surface area (TPSA) is 89.5 Å². The number of imidazole rings is 1. The predicted molar refractivity (Wildman–Crippen MR) is 77.3 cm³/mol. The van der Waals surface area contributed by atoms with Crippen LogP contribution in [-0.4, -0.2) is 20.2 Å². The lowest BCUT2D eigenvalue weighted by molar-refractivity contribution is -0.384. The van der Waals surface area contributed by atoms with Crippen molar-refractivity contribution < 1.29 is 9.72 Å². The van der Waals surface area contributed by atoms with Gasteiger partial charge in [0.05, 0.1) is 17.2 Å². The maximum atomic E-state index is 12.0. The number of nitrogens with zero attached hydrogens (tertiary/aromatic N) is 3. The van der Waals surface area contributed by atoms with E-state index < -0.39 is 4.92 Å². The first-order chi connectivity index (χ1) is 10.1. The van der Waals surface area contributed by atoms with E-state index in [1.807, 2.05) is 22.2 Å². The number of hydrogen-bond acceptors (Lipinski definition) is 5. The minimum atomic E-state index is -0.528. The van der Waals surface area contributed by atoms with Crippen LogP contribution in [0.3, 0.4) is 0 Å². The number of nitrogens with one attached hydrogen (secondary N) is 1. The van der Waals surface area contributed by atoms with E-state index in [1.54, 1.807) is 0 Å². The molecule has 3 rings (SSSR count). The number of nitro benzene ring substituents is 1. The van der Waals surface area contributed by atoms with E-state index in [2.05, 4.69) is 10.3 Å². The summed E-state index contributed by atoms with van der Waals surface area (Å²) >= 11 is 1.51. The first-order valence-corrected chi connectivity index (χ1v) is 6.95. The Kier molecular flexibility index (Phi) is 3.36. The molecule has 0 aliphatic carbocycles.